The number of nitrogens with zero attached hydrogens (tertiary/aromatic N) is 2. The average molecular weight is 603 g/mol. The smallest absolute Gasteiger partial charge is 0.161 e. The molecule has 1 aliphatic heterocycles. The number of Topliss-reactive ketones (excluding diaryl/α,β-unsaturated/α-hetero) is 1. The fourth-order valence-corrected chi connectivity index (χ4v) is 6.27. The molecular weight excluding hydrogens is 574 g/mol. The maximum absolute atomic E-state index is 13.6. The SMILES string of the molecule is Cc1cc(COc2ccc(Cl)cc2C)c(C)c(C2C(C#N)=C(N)N(c3cccc(Br)c3)C3=C2C(=O)CCC3)c1. The lowest BCUT2D eigenvalue weighted by Crippen LogP contribution is -2.39. The minimum absolute atomic E-state index is 0.0667. The van der Waals surface area contributed by atoms with Crippen LogP contribution < -0.4 is 15.4 Å². The Kier molecular flexibility index (Phi) is 7.57. The molecule has 0 saturated carbocycles. The maximum atomic E-state index is 13.6. The van der Waals surface area contributed by atoms with Gasteiger partial charge in [-0.3, -0.25) is 9.69 Å². The van der Waals surface area contributed by atoms with Crippen LogP contribution in [0.2, 0.25) is 5.02 Å². The summed E-state index contributed by atoms with van der Waals surface area (Å²) in [5, 5.41) is 11.1. The van der Waals surface area contributed by atoms with Gasteiger partial charge in [-0.2, -0.15) is 5.26 Å². The van der Waals surface area contributed by atoms with Crippen LogP contribution in [0, 0.1) is 32.1 Å². The molecule has 198 valence electrons. The molecule has 2 N–H and O–H groups in total. The van der Waals surface area contributed by atoms with E-state index in [0.29, 0.717) is 41.4 Å². The van der Waals surface area contributed by atoms with Gasteiger partial charge in [0, 0.05) is 32.9 Å². The molecule has 0 fully saturated rings. The number of benzene rings is 3. The van der Waals surface area contributed by atoms with Gasteiger partial charge in [0.15, 0.2) is 5.78 Å². The van der Waals surface area contributed by atoms with E-state index in [-0.39, 0.29) is 5.78 Å². The molecule has 0 radical (unpaired) electrons. The van der Waals surface area contributed by atoms with E-state index in [2.05, 4.69) is 34.1 Å². The molecule has 3 aromatic carbocycles. The van der Waals surface area contributed by atoms with Crippen LogP contribution in [-0.4, -0.2) is 5.78 Å². The van der Waals surface area contributed by atoms with Crippen molar-refractivity contribution in [3.63, 3.8) is 0 Å². The molecule has 2 aliphatic rings. The van der Waals surface area contributed by atoms with Crippen molar-refractivity contribution in [1.82, 2.24) is 0 Å². The summed E-state index contributed by atoms with van der Waals surface area (Å²) in [4.78, 5) is 15.5. The number of carbonyl (C=O) groups is 1. The summed E-state index contributed by atoms with van der Waals surface area (Å²) in [5.41, 5.74) is 14.4. The Hall–Kier alpha value is -3.53. The first-order chi connectivity index (χ1) is 18.7. The second-order valence-corrected chi connectivity index (χ2v) is 11.5. The van der Waals surface area contributed by atoms with Gasteiger partial charge < -0.3 is 10.5 Å². The second kappa shape index (κ2) is 10.9. The summed E-state index contributed by atoms with van der Waals surface area (Å²) in [6.45, 7) is 6.36. The van der Waals surface area contributed by atoms with Crippen molar-refractivity contribution in [3.8, 4) is 11.8 Å². The van der Waals surface area contributed by atoms with Crippen molar-refractivity contribution in [1.29, 1.82) is 5.26 Å². The zero-order valence-corrected chi connectivity index (χ0v) is 24.5. The third kappa shape index (κ3) is 5.09. The first-order valence-corrected chi connectivity index (χ1v) is 14.1. The molecule has 5 nitrogen and oxygen atoms in total. The standard InChI is InChI=1S/C32H29BrClN3O2/c1-18-12-21(17-39-29-11-10-23(34)14-19(29)2)20(3)25(13-18)30-26(16-35)32(36)37(24-7-4-6-22(33)15-24)27-8-5-9-28(38)31(27)30/h4,6-7,10-15,30H,5,8-9,17,36H2,1-3H3. The van der Waals surface area contributed by atoms with E-state index in [1.54, 1.807) is 0 Å². The summed E-state index contributed by atoms with van der Waals surface area (Å²) in [5.74, 6) is 0.664. The first kappa shape index (κ1) is 27.1. The highest BCUT2D eigenvalue weighted by molar-refractivity contribution is 9.10. The van der Waals surface area contributed by atoms with Crippen LogP contribution in [0.3, 0.4) is 0 Å². The van der Waals surface area contributed by atoms with Gasteiger partial charge in [0.1, 0.15) is 18.2 Å². The number of carbonyl (C=O) groups excluding carboxylic acids is 1. The molecule has 39 heavy (non-hydrogen) atoms. The maximum Gasteiger partial charge on any atom is 0.161 e. The summed E-state index contributed by atoms with van der Waals surface area (Å²) in [6, 6.07) is 19.9. The van der Waals surface area contributed by atoms with Crippen LogP contribution in [0.4, 0.5) is 5.69 Å². The molecule has 1 aliphatic carbocycles. The number of nitrogens with two attached hydrogens (primary N) is 1. The molecule has 1 atom stereocenters. The zero-order valence-electron chi connectivity index (χ0n) is 22.1. The highest BCUT2D eigenvalue weighted by Gasteiger charge is 2.41. The van der Waals surface area contributed by atoms with E-state index in [0.717, 1.165) is 55.8 Å². The molecular formula is C32H29BrClN3O2. The summed E-state index contributed by atoms with van der Waals surface area (Å²) in [7, 11) is 0. The highest BCUT2D eigenvalue weighted by Crippen LogP contribution is 2.47. The van der Waals surface area contributed by atoms with Gasteiger partial charge >= 0.3 is 0 Å². The van der Waals surface area contributed by atoms with E-state index in [9.17, 15) is 10.1 Å². The lowest BCUT2D eigenvalue weighted by molar-refractivity contribution is -0.116. The largest absolute Gasteiger partial charge is 0.489 e. The minimum Gasteiger partial charge on any atom is -0.489 e. The van der Waals surface area contributed by atoms with E-state index >= 15 is 0 Å². The summed E-state index contributed by atoms with van der Waals surface area (Å²) >= 11 is 9.66. The number of hydrogen-bond acceptors (Lipinski definition) is 5. The summed E-state index contributed by atoms with van der Waals surface area (Å²) < 4.78 is 7.09. The monoisotopic (exact) mass is 601 g/mol. The Bertz CT molecular complexity index is 1600. The normalized spacial score (nSPS) is 17.3. The van der Waals surface area contributed by atoms with Crippen LogP contribution in [0.15, 0.2) is 81.7 Å². The Balaban J connectivity index is 1.63. The van der Waals surface area contributed by atoms with Crippen molar-refractivity contribution in [3.05, 3.63) is 115 Å². The molecule has 0 bridgehead atoms. The molecule has 7 heteroatoms. The van der Waals surface area contributed by atoms with Gasteiger partial charge in [-0.15, -0.1) is 0 Å². The van der Waals surface area contributed by atoms with Crippen molar-refractivity contribution >= 4 is 39.0 Å². The Labute approximate surface area is 242 Å². The molecule has 1 heterocycles. The van der Waals surface area contributed by atoms with Crippen molar-refractivity contribution < 1.29 is 9.53 Å². The number of ether oxygens (including phenoxy) is 1. The predicted molar refractivity (Wildman–Crippen MR) is 159 cm³/mol. The Morgan fingerprint density at radius 2 is 1.92 bits per heavy atom. The molecule has 0 spiro atoms. The third-order valence-corrected chi connectivity index (χ3v) is 8.24. The van der Waals surface area contributed by atoms with Crippen molar-refractivity contribution in [2.75, 3.05) is 4.90 Å². The van der Waals surface area contributed by atoms with E-state index in [1.165, 1.54) is 0 Å². The van der Waals surface area contributed by atoms with Crippen molar-refractivity contribution in [2.45, 2.75) is 52.6 Å². The first-order valence-electron chi connectivity index (χ1n) is 12.9. The number of ketones is 1. The Morgan fingerprint density at radius 3 is 2.64 bits per heavy atom. The van der Waals surface area contributed by atoms with Gasteiger partial charge in [-0.05, 0) is 92.3 Å². The number of halogens is 2. The predicted octanol–water partition coefficient (Wildman–Crippen LogP) is 7.91. The number of rotatable bonds is 5. The summed E-state index contributed by atoms with van der Waals surface area (Å²) in [6.07, 6.45) is 1.91. The molecule has 0 saturated heterocycles. The van der Waals surface area contributed by atoms with Crippen LogP contribution >= 0.6 is 27.5 Å². The topological polar surface area (TPSA) is 79.3 Å². The van der Waals surface area contributed by atoms with E-state index in [4.69, 9.17) is 22.1 Å². The van der Waals surface area contributed by atoms with Gasteiger partial charge in [-0.1, -0.05) is 51.3 Å². The number of allylic oxidation sites excluding steroid dienone is 3. The van der Waals surface area contributed by atoms with Gasteiger partial charge in [0.05, 0.1) is 17.6 Å². The highest BCUT2D eigenvalue weighted by atomic mass is 79.9. The molecule has 1 unspecified atom stereocenters. The van der Waals surface area contributed by atoms with Crippen molar-refractivity contribution in [2.24, 2.45) is 5.73 Å². The molecule has 0 amide bonds. The van der Waals surface area contributed by atoms with Gasteiger partial charge in [0.2, 0.25) is 0 Å². The lowest BCUT2D eigenvalue weighted by Gasteiger charge is -2.40. The number of aryl methyl sites for hydroxylation is 2. The van der Waals surface area contributed by atoms with Crippen LogP contribution in [0.25, 0.3) is 0 Å². The van der Waals surface area contributed by atoms with Crippen LogP contribution in [0.5, 0.6) is 5.75 Å². The van der Waals surface area contributed by atoms with Gasteiger partial charge in [-0.25, -0.2) is 0 Å². The molecule has 5 rings (SSSR count). The number of hydrogen-bond donors (Lipinski definition) is 1. The fraction of sp³-hybridized carbons (Fsp3) is 0.250. The Morgan fingerprint density at radius 1 is 1.13 bits per heavy atom. The van der Waals surface area contributed by atoms with Crippen LogP contribution in [0.1, 0.15) is 53.0 Å². The number of anilines is 1. The fourth-order valence-electron chi connectivity index (χ4n) is 5.65. The zero-order chi connectivity index (χ0) is 27.8. The average Bonchev–Trinajstić information content (AvgIpc) is 2.89. The second-order valence-electron chi connectivity index (χ2n) is 10.1. The van der Waals surface area contributed by atoms with Crippen LogP contribution in [-0.2, 0) is 11.4 Å². The van der Waals surface area contributed by atoms with E-state index in [1.807, 2.05) is 68.1 Å². The van der Waals surface area contributed by atoms with Gasteiger partial charge in [0.25, 0.3) is 0 Å². The molecule has 0 aromatic heterocycles. The quantitative estimate of drug-likeness (QED) is 0.321. The number of nitriles is 1. The lowest BCUT2D eigenvalue weighted by atomic mass is 9.73. The van der Waals surface area contributed by atoms with E-state index < -0.39 is 5.92 Å². The minimum atomic E-state index is -0.530. The third-order valence-electron chi connectivity index (χ3n) is 7.51. The molecule has 3 aromatic rings.